The van der Waals surface area contributed by atoms with Crippen molar-refractivity contribution in [3.8, 4) is 5.75 Å². The highest BCUT2D eigenvalue weighted by atomic mass is 35.5. The first-order valence-corrected chi connectivity index (χ1v) is 8.16. The second kappa shape index (κ2) is 5.87. The number of hydrogen-bond acceptors (Lipinski definition) is 3. The van der Waals surface area contributed by atoms with E-state index in [0.29, 0.717) is 23.0 Å². The Morgan fingerprint density at radius 3 is 2.79 bits per heavy atom. The van der Waals surface area contributed by atoms with Gasteiger partial charge in [0.1, 0.15) is 0 Å². The number of methoxy groups -OCH3 is 1. The molecule has 2 atom stereocenters. The van der Waals surface area contributed by atoms with Gasteiger partial charge in [0.2, 0.25) is 0 Å². The summed E-state index contributed by atoms with van der Waals surface area (Å²) < 4.78 is 10.9. The summed E-state index contributed by atoms with van der Waals surface area (Å²) in [5.74, 6) is 1.06. The largest absolute Gasteiger partial charge is 0.493 e. The first-order valence-electron chi connectivity index (χ1n) is 7.78. The quantitative estimate of drug-likeness (QED) is 0.766. The molecule has 2 aromatic carbocycles. The van der Waals surface area contributed by atoms with Crippen LogP contribution in [0.4, 0.5) is 0 Å². The number of amides is 1. The molecule has 24 heavy (non-hydrogen) atoms. The third kappa shape index (κ3) is 2.74. The minimum atomic E-state index is -0.199. The van der Waals surface area contributed by atoms with E-state index in [0.717, 1.165) is 16.8 Å². The molecule has 3 aromatic rings. The lowest BCUT2D eigenvalue weighted by Crippen LogP contribution is -2.26. The van der Waals surface area contributed by atoms with Crippen LogP contribution in [0.5, 0.6) is 5.75 Å². The molecule has 1 heterocycles. The molecule has 5 heteroatoms. The van der Waals surface area contributed by atoms with E-state index >= 15 is 0 Å². The Labute approximate surface area is 144 Å². The van der Waals surface area contributed by atoms with Gasteiger partial charge < -0.3 is 14.5 Å². The number of carbonyl (C=O) groups is 1. The fraction of sp³-hybridized carbons (Fsp3) is 0.211. The van der Waals surface area contributed by atoms with E-state index in [9.17, 15) is 4.79 Å². The molecule has 0 saturated heterocycles. The molecule has 0 spiro atoms. The number of halogens is 1. The van der Waals surface area contributed by atoms with Crippen molar-refractivity contribution in [2.75, 3.05) is 7.11 Å². The zero-order chi connectivity index (χ0) is 16.7. The summed E-state index contributed by atoms with van der Waals surface area (Å²) >= 11 is 5.91. The molecule has 1 fully saturated rings. The Balaban J connectivity index is 1.48. The lowest BCUT2D eigenvalue weighted by atomic mass is 10.1. The van der Waals surface area contributed by atoms with Gasteiger partial charge in [-0.25, -0.2) is 0 Å². The van der Waals surface area contributed by atoms with Crippen LogP contribution in [0.15, 0.2) is 52.9 Å². The van der Waals surface area contributed by atoms with E-state index in [1.54, 1.807) is 13.2 Å². The number of carbonyl (C=O) groups excluding carboxylic acids is 1. The maximum atomic E-state index is 12.4. The monoisotopic (exact) mass is 341 g/mol. The van der Waals surface area contributed by atoms with Crippen molar-refractivity contribution in [2.24, 2.45) is 0 Å². The van der Waals surface area contributed by atoms with Gasteiger partial charge in [0.05, 0.1) is 7.11 Å². The van der Waals surface area contributed by atoms with Crippen LogP contribution in [0.2, 0.25) is 5.02 Å². The van der Waals surface area contributed by atoms with Crippen molar-refractivity contribution in [3.05, 3.63) is 64.9 Å². The molecular formula is C19H16ClNO3. The average Bonchev–Trinajstić information content (AvgIpc) is 3.20. The topological polar surface area (TPSA) is 51.5 Å². The van der Waals surface area contributed by atoms with Gasteiger partial charge in [0, 0.05) is 22.4 Å². The highest BCUT2D eigenvalue weighted by Gasteiger charge is 2.40. The minimum absolute atomic E-state index is 0.133. The standard InChI is InChI=1S/C19H16ClNO3/c1-23-16-4-2-3-12-9-17(24-18(12)16)19(22)21-15-10-14(15)11-5-7-13(20)8-6-11/h2-9,14-15H,10H2,1H3,(H,21,22)/t14-,15+/m0/s1. The average molecular weight is 342 g/mol. The Kier molecular flexibility index (Phi) is 3.69. The van der Waals surface area contributed by atoms with Gasteiger partial charge in [-0.3, -0.25) is 4.79 Å². The molecule has 4 nitrogen and oxygen atoms in total. The third-order valence-corrected chi connectivity index (χ3v) is 4.61. The van der Waals surface area contributed by atoms with E-state index in [2.05, 4.69) is 5.32 Å². The summed E-state index contributed by atoms with van der Waals surface area (Å²) in [7, 11) is 1.58. The number of furan rings is 1. The van der Waals surface area contributed by atoms with E-state index < -0.39 is 0 Å². The van der Waals surface area contributed by atoms with E-state index in [-0.39, 0.29) is 11.9 Å². The molecule has 1 saturated carbocycles. The molecule has 0 aliphatic heterocycles. The number of fused-ring (bicyclic) bond motifs is 1. The molecule has 1 N–H and O–H groups in total. The van der Waals surface area contributed by atoms with E-state index in [4.69, 9.17) is 20.8 Å². The third-order valence-electron chi connectivity index (χ3n) is 4.36. The van der Waals surface area contributed by atoms with Gasteiger partial charge in [-0.05, 0) is 36.2 Å². The molecule has 4 rings (SSSR count). The van der Waals surface area contributed by atoms with Gasteiger partial charge in [-0.15, -0.1) is 0 Å². The number of hydrogen-bond donors (Lipinski definition) is 1. The highest BCUT2D eigenvalue weighted by molar-refractivity contribution is 6.30. The lowest BCUT2D eigenvalue weighted by molar-refractivity contribution is 0.0924. The second-order valence-electron chi connectivity index (χ2n) is 5.96. The van der Waals surface area contributed by atoms with Crippen LogP contribution in [0.3, 0.4) is 0 Å². The fourth-order valence-electron chi connectivity index (χ4n) is 2.98. The van der Waals surface area contributed by atoms with Crippen molar-refractivity contribution in [3.63, 3.8) is 0 Å². The maximum Gasteiger partial charge on any atom is 0.287 e. The van der Waals surface area contributed by atoms with Gasteiger partial charge in [0.25, 0.3) is 5.91 Å². The Morgan fingerprint density at radius 1 is 1.25 bits per heavy atom. The number of para-hydroxylation sites is 1. The van der Waals surface area contributed by atoms with Crippen LogP contribution < -0.4 is 10.1 Å². The normalized spacial score (nSPS) is 19.2. The molecule has 0 unspecified atom stereocenters. The SMILES string of the molecule is COc1cccc2cc(C(=O)N[C@@H]3C[C@H]3c3ccc(Cl)cc3)oc12. The fourth-order valence-corrected chi connectivity index (χ4v) is 3.11. The Bertz CT molecular complexity index is 901. The van der Waals surface area contributed by atoms with E-state index in [1.807, 2.05) is 42.5 Å². The summed E-state index contributed by atoms with van der Waals surface area (Å²) in [6, 6.07) is 15.2. The molecule has 1 aliphatic carbocycles. The molecule has 1 aromatic heterocycles. The summed E-state index contributed by atoms with van der Waals surface area (Å²) in [6.45, 7) is 0. The van der Waals surface area contributed by atoms with Crippen LogP contribution in [0, 0.1) is 0 Å². The van der Waals surface area contributed by atoms with Crippen molar-refractivity contribution in [1.82, 2.24) is 5.32 Å². The summed E-state index contributed by atoms with van der Waals surface area (Å²) in [6.07, 6.45) is 0.928. The number of rotatable bonds is 4. The van der Waals surface area contributed by atoms with Gasteiger partial charge in [-0.1, -0.05) is 35.9 Å². The summed E-state index contributed by atoms with van der Waals surface area (Å²) in [4.78, 5) is 12.4. The molecule has 1 amide bonds. The van der Waals surface area contributed by atoms with Crippen molar-refractivity contribution in [2.45, 2.75) is 18.4 Å². The van der Waals surface area contributed by atoms with Crippen molar-refractivity contribution in [1.29, 1.82) is 0 Å². The number of benzene rings is 2. The molecule has 0 radical (unpaired) electrons. The maximum absolute atomic E-state index is 12.4. The van der Waals surface area contributed by atoms with Gasteiger partial charge >= 0.3 is 0 Å². The predicted octanol–water partition coefficient (Wildman–Crippen LogP) is 4.38. The van der Waals surface area contributed by atoms with Crippen LogP contribution in [0.1, 0.15) is 28.5 Å². The van der Waals surface area contributed by atoms with Crippen molar-refractivity contribution >= 4 is 28.5 Å². The smallest absolute Gasteiger partial charge is 0.287 e. The number of nitrogens with one attached hydrogen (secondary N) is 1. The van der Waals surface area contributed by atoms with Crippen molar-refractivity contribution < 1.29 is 13.9 Å². The van der Waals surface area contributed by atoms with Crippen LogP contribution in [-0.2, 0) is 0 Å². The molecule has 122 valence electrons. The number of ether oxygens (including phenoxy) is 1. The molecular weight excluding hydrogens is 326 g/mol. The van der Waals surface area contributed by atoms with Crippen LogP contribution in [-0.4, -0.2) is 19.1 Å². The minimum Gasteiger partial charge on any atom is -0.493 e. The van der Waals surface area contributed by atoms with Gasteiger partial charge in [-0.2, -0.15) is 0 Å². The zero-order valence-electron chi connectivity index (χ0n) is 13.1. The van der Waals surface area contributed by atoms with Gasteiger partial charge in [0.15, 0.2) is 17.1 Å². The predicted molar refractivity (Wildman–Crippen MR) is 92.8 cm³/mol. The molecule has 1 aliphatic rings. The highest BCUT2D eigenvalue weighted by Crippen LogP contribution is 2.41. The lowest BCUT2D eigenvalue weighted by Gasteiger charge is -2.03. The Hall–Kier alpha value is -2.46. The summed E-state index contributed by atoms with van der Waals surface area (Å²) in [5, 5.41) is 4.60. The first-order chi connectivity index (χ1) is 11.7. The molecule has 0 bridgehead atoms. The van der Waals surface area contributed by atoms with Crippen LogP contribution >= 0.6 is 11.6 Å². The summed E-state index contributed by atoms with van der Waals surface area (Å²) in [5.41, 5.74) is 1.78. The zero-order valence-corrected chi connectivity index (χ0v) is 13.8. The first kappa shape index (κ1) is 15.1. The second-order valence-corrected chi connectivity index (χ2v) is 6.40. The van der Waals surface area contributed by atoms with E-state index in [1.165, 1.54) is 5.56 Å². The van der Waals surface area contributed by atoms with Crippen LogP contribution in [0.25, 0.3) is 11.0 Å². The Morgan fingerprint density at radius 2 is 2.04 bits per heavy atom.